The lowest BCUT2D eigenvalue weighted by Gasteiger charge is -2.29. The second kappa shape index (κ2) is 9.66. The van der Waals surface area contributed by atoms with Crippen molar-refractivity contribution in [2.45, 2.75) is 25.5 Å². The van der Waals surface area contributed by atoms with Crippen molar-refractivity contribution in [2.75, 3.05) is 31.6 Å². The van der Waals surface area contributed by atoms with Crippen LogP contribution in [-0.4, -0.2) is 46.8 Å². The van der Waals surface area contributed by atoms with Crippen LogP contribution in [0.2, 0.25) is 5.02 Å². The number of ether oxygens (including phenoxy) is 2. The van der Waals surface area contributed by atoms with Crippen LogP contribution in [0, 0.1) is 0 Å². The molecule has 1 saturated heterocycles. The fraction of sp³-hybridized carbons (Fsp3) is 0.296. The van der Waals surface area contributed by atoms with Gasteiger partial charge in [-0.05, 0) is 65.8 Å². The van der Waals surface area contributed by atoms with Gasteiger partial charge in [0.2, 0.25) is 0 Å². The largest absolute Gasteiger partial charge is 0.486 e. The van der Waals surface area contributed by atoms with Crippen molar-refractivity contribution in [3.8, 4) is 22.6 Å². The molecule has 8 heteroatoms. The van der Waals surface area contributed by atoms with E-state index < -0.39 is 0 Å². The minimum absolute atomic E-state index is 0.149. The lowest BCUT2D eigenvalue weighted by molar-refractivity contribution is 0.0792. The molecule has 0 atom stereocenters. The third-order valence-electron chi connectivity index (χ3n) is 6.60. The van der Waals surface area contributed by atoms with Crippen molar-refractivity contribution in [3.63, 3.8) is 0 Å². The number of fused-ring (bicyclic) bond motifs is 2. The number of benzene rings is 3. The summed E-state index contributed by atoms with van der Waals surface area (Å²) in [6.45, 7) is 3.89. The molecule has 6 nitrogen and oxygen atoms in total. The molecule has 35 heavy (non-hydrogen) atoms. The number of anilines is 2. The first-order valence-electron chi connectivity index (χ1n) is 11.9. The number of nitrogens with one attached hydrogen (secondary N) is 1. The van der Waals surface area contributed by atoms with Gasteiger partial charge in [-0.2, -0.15) is 4.37 Å². The number of aliphatic hydroxyl groups excluding tert-OH is 1. The normalized spacial score (nSPS) is 16.5. The van der Waals surface area contributed by atoms with E-state index in [0.29, 0.717) is 18.2 Å². The number of aromatic nitrogens is 1. The summed E-state index contributed by atoms with van der Waals surface area (Å²) >= 11 is 8.34. The number of rotatable bonds is 5. The first-order valence-corrected chi connectivity index (χ1v) is 13.0. The van der Waals surface area contributed by atoms with Gasteiger partial charge < -0.3 is 19.9 Å². The molecule has 2 aliphatic rings. The number of halogens is 1. The van der Waals surface area contributed by atoms with Crippen LogP contribution in [0.3, 0.4) is 0 Å². The van der Waals surface area contributed by atoms with Crippen molar-refractivity contribution in [1.82, 2.24) is 9.27 Å². The predicted molar refractivity (Wildman–Crippen MR) is 141 cm³/mol. The Morgan fingerprint density at radius 3 is 2.71 bits per heavy atom. The number of piperidine rings is 1. The van der Waals surface area contributed by atoms with Crippen molar-refractivity contribution < 1.29 is 14.6 Å². The monoisotopic (exact) mass is 507 g/mol. The Hall–Kier alpha value is -2.84. The van der Waals surface area contributed by atoms with Crippen LogP contribution in [0.25, 0.3) is 21.2 Å². The van der Waals surface area contributed by atoms with Crippen molar-refractivity contribution in [2.24, 2.45) is 0 Å². The molecule has 1 aromatic heterocycles. The SMILES string of the molecule is OC1CCN(Cc2ccc3c(Nc4cccc(-c5ccc6c(c5)OCCO6)c4Cl)nsc3c2)CC1. The minimum atomic E-state index is -0.149. The molecule has 2 N–H and O–H groups in total. The van der Waals surface area contributed by atoms with Gasteiger partial charge >= 0.3 is 0 Å². The lowest BCUT2D eigenvalue weighted by Crippen LogP contribution is -2.35. The number of hydrogen-bond donors (Lipinski definition) is 2. The quantitative estimate of drug-likeness (QED) is 0.341. The van der Waals surface area contributed by atoms with Crippen molar-refractivity contribution in [1.29, 1.82) is 0 Å². The fourth-order valence-corrected chi connectivity index (χ4v) is 5.78. The molecular weight excluding hydrogens is 482 g/mol. The molecule has 180 valence electrons. The maximum Gasteiger partial charge on any atom is 0.161 e. The number of nitrogens with zero attached hydrogens (tertiary/aromatic N) is 2. The first kappa shape index (κ1) is 22.6. The van der Waals surface area contributed by atoms with Gasteiger partial charge in [-0.3, -0.25) is 4.90 Å². The van der Waals surface area contributed by atoms with Gasteiger partial charge in [-0.15, -0.1) is 0 Å². The molecule has 3 heterocycles. The maximum atomic E-state index is 9.75. The number of aliphatic hydroxyl groups is 1. The van der Waals surface area contributed by atoms with Crippen LogP contribution in [0.1, 0.15) is 18.4 Å². The lowest BCUT2D eigenvalue weighted by atomic mass is 10.0. The van der Waals surface area contributed by atoms with Crippen LogP contribution < -0.4 is 14.8 Å². The molecule has 0 spiro atoms. The molecule has 0 saturated carbocycles. The summed E-state index contributed by atoms with van der Waals surface area (Å²) in [6, 6.07) is 18.4. The fourth-order valence-electron chi connectivity index (χ4n) is 4.70. The summed E-state index contributed by atoms with van der Waals surface area (Å²) in [6.07, 6.45) is 1.55. The van der Waals surface area contributed by atoms with Gasteiger partial charge in [-0.25, -0.2) is 0 Å². The summed E-state index contributed by atoms with van der Waals surface area (Å²) < 4.78 is 17.2. The van der Waals surface area contributed by atoms with Gasteiger partial charge in [0.1, 0.15) is 13.2 Å². The summed E-state index contributed by atoms with van der Waals surface area (Å²) in [4.78, 5) is 2.40. The van der Waals surface area contributed by atoms with Crippen molar-refractivity contribution in [3.05, 3.63) is 65.2 Å². The topological polar surface area (TPSA) is 66.9 Å². The maximum absolute atomic E-state index is 9.75. The smallest absolute Gasteiger partial charge is 0.161 e. The number of likely N-dealkylation sites (tertiary alicyclic amines) is 1. The van der Waals surface area contributed by atoms with Crippen LogP contribution >= 0.6 is 23.1 Å². The van der Waals surface area contributed by atoms with E-state index in [1.54, 1.807) is 0 Å². The average Bonchev–Trinajstić information content (AvgIpc) is 3.28. The Labute approximate surface area is 213 Å². The van der Waals surface area contributed by atoms with Crippen LogP contribution in [0.4, 0.5) is 11.5 Å². The van der Waals surface area contributed by atoms with E-state index in [2.05, 4.69) is 32.8 Å². The van der Waals surface area contributed by atoms with Gasteiger partial charge in [0.25, 0.3) is 0 Å². The van der Waals surface area contributed by atoms with E-state index in [1.807, 2.05) is 36.4 Å². The second-order valence-electron chi connectivity index (χ2n) is 9.02. The highest BCUT2D eigenvalue weighted by Crippen LogP contribution is 2.40. The summed E-state index contributed by atoms with van der Waals surface area (Å²) in [5.41, 5.74) is 3.97. The standard InChI is InChI=1S/C27H26ClN3O3S/c28-26-20(18-5-7-23-24(15-18)34-13-12-33-23)2-1-3-22(26)29-27-21-6-4-17(14-25(21)35-30-27)16-31-10-8-19(32)9-11-31/h1-7,14-15,19,32H,8-13,16H2,(H,29,30). The van der Waals surface area contributed by atoms with Gasteiger partial charge in [-0.1, -0.05) is 35.9 Å². The van der Waals surface area contributed by atoms with Gasteiger partial charge in [0.15, 0.2) is 17.3 Å². The molecule has 4 aromatic rings. The Morgan fingerprint density at radius 1 is 1.03 bits per heavy atom. The molecule has 0 radical (unpaired) electrons. The Balaban J connectivity index is 1.23. The minimum Gasteiger partial charge on any atom is -0.486 e. The molecule has 0 aliphatic carbocycles. The molecule has 0 amide bonds. The van der Waals surface area contributed by atoms with Crippen molar-refractivity contribution >= 4 is 44.7 Å². The van der Waals surface area contributed by atoms with E-state index in [4.69, 9.17) is 21.1 Å². The molecule has 6 rings (SSSR count). The zero-order valence-electron chi connectivity index (χ0n) is 19.2. The highest BCUT2D eigenvalue weighted by atomic mass is 35.5. The van der Waals surface area contributed by atoms with E-state index in [0.717, 1.165) is 76.7 Å². The molecule has 0 bridgehead atoms. The molecule has 0 unspecified atom stereocenters. The third-order valence-corrected chi connectivity index (χ3v) is 7.82. The second-order valence-corrected chi connectivity index (χ2v) is 10.2. The van der Waals surface area contributed by atoms with Crippen LogP contribution in [0.5, 0.6) is 11.5 Å². The zero-order chi connectivity index (χ0) is 23.8. The Morgan fingerprint density at radius 2 is 1.86 bits per heavy atom. The zero-order valence-corrected chi connectivity index (χ0v) is 20.7. The van der Waals surface area contributed by atoms with Gasteiger partial charge in [0.05, 0.1) is 21.5 Å². The summed E-state index contributed by atoms with van der Waals surface area (Å²) in [5.74, 6) is 2.31. The number of hydrogen-bond acceptors (Lipinski definition) is 7. The molecule has 2 aliphatic heterocycles. The summed E-state index contributed by atoms with van der Waals surface area (Å²) in [7, 11) is 0. The van der Waals surface area contributed by atoms with E-state index in [-0.39, 0.29) is 6.10 Å². The highest BCUT2D eigenvalue weighted by Gasteiger charge is 2.18. The van der Waals surface area contributed by atoms with E-state index in [1.165, 1.54) is 17.1 Å². The molecular formula is C27H26ClN3O3S. The van der Waals surface area contributed by atoms with Crippen LogP contribution in [0.15, 0.2) is 54.6 Å². The highest BCUT2D eigenvalue weighted by molar-refractivity contribution is 7.13. The van der Waals surface area contributed by atoms with E-state index in [9.17, 15) is 5.11 Å². The Bertz CT molecular complexity index is 1370. The van der Waals surface area contributed by atoms with Gasteiger partial charge in [0, 0.05) is 30.6 Å². The van der Waals surface area contributed by atoms with E-state index >= 15 is 0 Å². The average molecular weight is 508 g/mol. The molecule has 3 aromatic carbocycles. The third kappa shape index (κ3) is 4.69. The summed E-state index contributed by atoms with van der Waals surface area (Å²) in [5, 5.41) is 14.9. The first-order chi connectivity index (χ1) is 17.1. The molecule has 1 fully saturated rings. The predicted octanol–water partition coefficient (Wildman–Crippen LogP) is 6.09. The van der Waals surface area contributed by atoms with Crippen LogP contribution in [-0.2, 0) is 6.54 Å². The Kier molecular flexibility index (Phi) is 6.24.